The molecule has 0 saturated carbocycles. The molecule has 24 heavy (non-hydrogen) atoms. The van der Waals surface area contributed by atoms with Crippen molar-refractivity contribution in [1.82, 2.24) is 10.6 Å². The van der Waals surface area contributed by atoms with Gasteiger partial charge in [0.1, 0.15) is 0 Å². The van der Waals surface area contributed by atoms with E-state index in [0.717, 1.165) is 52.6 Å². The summed E-state index contributed by atoms with van der Waals surface area (Å²) in [6.07, 6.45) is 0. The maximum Gasteiger partial charge on any atom is 0.0554 e. The van der Waals surface area contributed by atoms with E-state index in [4.69, 9.17) is 9.47 Å². The smallest absolute Gasteiger partial charge is 0.0554 e. The standard InChI is InChI=1S/2C10H21NO/c2*1-9(2,3)5-11-6-10(4)7-12-8-10/h2*11H,5-8H2,1-4H3. The highest BCUT2D eigenvalue weighted by atomic mass is 16.5. The molecule has 0 radical (unpaired) electrons. The summed E-state index contributed by atoms with van der Waals surface area (Å²) < 4.78 is 10.4. The summed E-state index contributed by atoms with van der Waals surface area (Å²) in [5.74, 6) is 0. The second kappa shape index (κ2) is 8.48. The third-order valence-corrected chi connectivity index (χ3v) is 4.22. The molecule has 0 bridgehead atoms. The Kier molecular flexibility index (Phi) is 7.73. The van der Waals surface area contributed by atoms with E-state index in [1.54, 1.807) is 0 Å². The Morgan fingerprint density at radius 1 is 0.667 bits per heavy atom. The zero-order chi connectivity index (χ0) is 18.5. The first-order valence-electron chi connectivity index (χ1n) is 9.40. The van der Waals surface area contributed by atoms with Crippen molar-refractivity contribution in [2.45, 2.75) is 55.4 Å². The molecule has 0 aliphatic carbocycles. The highest BCUT2D eigenvalue weighted by Gasteiger charge is 2.33. The Hall–Kier alpha value is -0.160. The maximum atomic E-state index is 5.18. The lowest BCUT2D eigenvalue weighted by atomic mass is 9.88. The zero-order valence-corrected chi connectivity index (χ0v) is 17.5. The molecule has 2 aliphatic heterocycles. The highest BCUT2D eigenvalue weighted by Crippen LogP contribution is 2.26. The Balaban J connectivity index is 0.000000240. The van der Waals surface area contributed by atoms with Gasteiger partial charge in [0, 0.05) is 37.0 Å². The van der Waals surface area contributed by atoms with Gasteiger partial charge >= 0.3 is 0 Å². The van der Waals surface area contributed by atoms with Crippen LogP contribution in [0.4, 0.5) is 0 Å². The summed E-state index contributed by atoms with van der Waals surface area (Å²) in [5, 5.41) is 6.98. The largest absolute Gasteiger partial charge is 0.380 e. The molecule has 0 spiro atoms. The van der Waals surface area contributed by atoms with E-state index in [9.17, 15) is 0 Å². The lowest BCUT2D eigenvalue weighted by molar-refractivity contribution is -0.0995. The molecule has 2 heterocycles. The van der Waals surface area contributed by atoms with Gasteiger partial charge in [0.15, 0.2) is 0 Å². The average Bonchev–Trinajstić information content (AvgIpc) is 2.32. The third-order valence-electron chi connectivity index (χ3n) is 4.22. The molecular formula is C20H42N2O2. The fourth-order valence-electron chi connectivity index (χ4n) is 2.58. The van der Waals surface area contributed by atoms with Crippen LogP contribution in [0.3, 0.4) is 0 Å². The average molecular weight is 343 g/mol. The molecule has 2 saturated heterocycles. The SMILES string of the molecule is CC(C)(C)CNCC1(C)COC1.CC(C)(C)CNCC1(C)COC1. The molecule has 0 aromatic heterocycles. The molecule has 144 valence electrons. The second-order valence-electron chi connectivity index (χ2n) is 10.9. The van der Waals surface area contributed by atoms with Crippen molar-refractivity contribution in [3.05, 3.63) is 0 Å². The third kappa shape index (κ3) is 9.36. The Morgan fingerprint density at radius 2 is 0.958 bits per heavy atom. The summed E-state index contributed by atoms with van der Waals surface area (Å²) in [6, 6.07) is 0. The topological polar surface area (TPSA) is 42.5 Å². The van der Waals surface area contributed by atoms with Crippen LogP contribution < -0.4 is 10.6 Å². The van der Waals surface area contributed by atoms with Gasteiger partial charge in [-0.15, -0.1) is 0 Å². The number of ether oxygens (including phenoxy) is 2. The van der Waals surface area contributed by atoms with Crippen LogP contribution in [-0.2, 0) is 9.47 Å². The fourth-order valence-corrected chi connectivity index (χ4v) is 2.58. The molecule has 2 fully saturated rings. The van der Waals surface area contributed by atoms with Crippen molar-refractivity contribution in [3.8, 4) is 0 Å². The quantitative estimate of drug-likeness (QED) is 0.777. The first-order chi connectivity index (χ1) is 10.8. The summed E-state index contributed by atoms with van der Waals surface area (Å²) >= 11 is 0. The van der Waals surface area contributed by atoms with E-state index < -0.39 is 0 Å². The number of nitrogens with one attached hydrogen (secondary N) is 2. The Bertz CT molecular complexity index is 325. The molecule has 0 atom stereocenters. The lowest BCUT2D eigenvalue weighted by Gasteiger charge is -2.38. The minimum Gasteiger partial charge on any atom is -0.380 e. The van der Waals surface area contributed by atoms with Gasteiger partial charge < -0.3 is 20.1 Å². The summed E-state index contributed by atoms with van der Waals surface area (Å²) in [4.78, 5) is 0. The van der Waals surface area contributed by atoms with Gasteiger partial charge in [0.2, 0.25) is 0 Å². The summed E-state index contributed by atoms with van der Waals surface area (Å²) in [5.41, 5.74) is 1.60. The highest BCUT2D eigenvalue weighted by molar-refractivity contribution is 4.84. The second-order valence-corrected chi connectivity index (χ2v) is 10.9. The molecule has 0 aromatic carbocycles. The van der Waals surface area contributed by atoms with E-state index in [-0.39, 0.29) is 0 Å². The molecule has 0 aromatic rings. The zero-order valence-electron chi connectivity index (χ0n) is 17.5. The van der Waals surface area contributed by atoms with E-state index in [2.05, 4.69) is 66.0 Å². The van der Waals surface area contributed by atoms with Crippen molar-refractivity contribution >= 4 is 0 Å². The molecular weight excluding hydrogens is 300 g/mol. The number of hydrogen-bond acceptors (Lipinski definition) is 4. The van der Waals surface area contributed by atoms with Crippen molar-refractivity contribution < 1.29 is 9.47 Å². The first kappa shape index (κ1) is 21.9. The minimum absolute atomic E-state index is 0.390. The van der Waals surface area contributed by atoms with Crippen molar-refractivity contribution in [1.29, 1.82) is 0 Å². The Labute approximate surface area is 150 Å². The van der Waals surface area contributed by atoms with E-state index in [1.165, 1.54) is 0 Å². The van der Waals surface area contributed by atoms with E-state index >= 15 is 0 Å². The predicted octanol–water partition coefficient (Wildman–Crippen LogP) is 3.32. The fraction of sp³-hybridized carbons (Fsp3) is 1.00. The Morgan fingerprint density at radius 3 is 1.12 bits per heavy atom. The van der Waals surface area contributed by atoms with Crippen LogP contribution in [0.25, 0.3) is 0 Å². The summed E-state index contributed by atoms with van der Waals surface area (Å²) in [7, 11) is 0. The molecule has 4 heteroatoms. The van der Waals surface area contributed by atoms with Crippen molar-refractivity contribution in [2.75, 3.05) is 52.6 Å². The maximum absolute atomic E-state index is 5.18. The van der Waals surface area contributed by atoms with Gasteiger partial charge in [-0.05, 0) is 10.8 Å². The molecule has 2 N–H and O–H groups in total. The van der Waals surface area contributed by atoms with Crippen LogP contribution in [0.2, 0.25) is 0 Å². The van der Waals surface area contributed by atoms with E-state index in [1.807, 2.05) is 0 Å². The van der Waals surface area contributed by atoms with Crippen LogP contribution in [0, 0.1) is 21.7 Å². The van der Waals surface area contributed by atoms with Gasteiger partial charge in [-0.2, -0.15) is 0 Å². The van der Waals surface area contributed by atoms with E-state index in [0.29, 0.717) is 21.7 Å². The van der Waals surface area contributed by atoms with Crippen LogP contribution >= 0.6 is 0 Å². The number of rotatable bonds is 6. The molecule has 4 nitrogen and oxygen atoms in total. The normalized spacial score (nSPS) is 22.0. The first-order valence-corrected chi connectivity index (χ1v) is 9.40. The van der Waals surface area contributed by atoms with Gasteiger partial charge in [-0.25, -0.2) is 0 Å². The molecule has 2 aliphatic rings. The number of hydrogen-bond donors (Lipinski definition) is 2. The molecule has 2 rings (SSSR count). The van der Waals surface area contributed by atoms with Crippen LogP contribution in [-0.4, -0.2) is 52.6 Å². The van der Waals surface area contributed by atoms with Crippen molar-refractivity contribution in [2.24, 2.45) is 21.7 Å². The summed E-state index contributed by atoms with van der Waals surface area (Å²) in [6.45, 7) is 26.1. The minimum atomic E-state index is 0.390. The van der Waals surface area contributed by atoms with Gasteiger partial charge in [-0.1, -0.05) is 55.4 Å². The van der Waals surface area contributed by atoms with Gasteiger partial charge in [0.25, 0.3) is 0 Å². The predicted molar refractivity (Wildman–Crippen MR) is 103 cm³/mol. The molecule has 0 unspecified atom stereocenters. The van der Waals surface area contributed by atoms with Gasteiger partial charge in [-0.3, -0.25) is 0 Å². The molecule has 0 amide bonds. The van der Waals surface area contributed by atoms with Crippen LogP contribution in [0.15, 0.2) is 0 Å². The monoisotopic (exact) mass is 342 g/mol. The van der Waals surface area contributed by atoms with Crippen molar-refractivity contribution in [3.63, 3.8) is 0 Å². The van der Waals surface area contributed by atoms with Crippen LogP contribution in [0.1, 0.15) is 55.4 Å². The lowest BCUT2D eigenvalue weighted by Crippen LogP contribution is -2.48. The van der Waals surface area contributed by atoms with Gasteiger partial charge in [0.05, 0.1) is 26.4 Å². The van der Waals surface area contributed by atoms with Crippen LogP contribution in [0.5, 0.6) is 0 Å².